The van der Waals surface area contributed by atoms with Gasteiger partial charge in [-0.2, -0.15) is 0 Å². The van der Waals surface area contributed by atoms with E-state index in [9.17, 15) is 13.2 Å². The Morgan fingerprint density at radius 2 is 1.67 bits per heavy atom. The summed E-state index contributed by atoms with van der Waals surface area (Å²) < 4.78 is 25.5. The van der Waals surface area contributed by atoms with Crippen LogP contribution in [0, 0.1) is 5.92 Å². The molecule has 0 aliphatic carbocycles. The van der Waals surface area contributed by atoms with E-state index in [0.29, 0.717) is 25.9 Å². The molecule has 2 saturated heterocycles. The van der Waals surface area contributed by atoms with E-state index in [1.54, 1.807) is 6.92 Å². The number of sulfonamides is 1. The van der Waals surface area contributed by atoms with Gasteiger partial charge in [0.1, 0.15) is 0 Å². The van der Waals surface area contributed by atoms with Crippen molar-refractivity contribution in [2.24, 2.45) is 5.92 Å². The van der Waals surface area contributed by atoms with Crippen LogP contribution in [0.15, 0.2) is 24.3 Å². The first-order chi connectivity index (χ1) is 13.0. The molecule has 6 nitrogen and oxygen atoms in total. The smallest absolute Gasteiger partial charge is 0.227 e. The van der Waals surface area contributed by atoms with E-state index in [1.807, 2.05) is 18.2 Å². The van der Waals surface area contributed by atoms with Crippen LogP contribution in [0.2, 0.25) is 0 Å². The highest BCUT2D eigenvalue weighted by Crippen LogP contribution is 2.29. The van der Waals surface area contributed by atoms with Gasteiger partial charge in [0, 0.05) is 32.1 Å². The van der Waals surface area contributed by atoms with Crippen molar-refractivity contribution < 1.29 is 13.2 Å². The summed E-state index contributed by atoms with van der Waals surface area (Å²) in [5, 5.41) is 3.12. The minimum absolute atomic E-state index is 0.00539. The summed E-state index contributed by atoms with van der Waals surface area (Å²) in [6.45, 7) is 4.58. The van der Waals surface area contributed by atoms with Gasteiger partial charge in [-0.15, -0.1) is 0 Å². The van der Waals surface area contributed by atoms with Gasteiger partial charge < -0.3 is 10.2 Å². The van der Waals surface area contributed by atoms with Crippen molar-refractivity contribution in [3.8, 4) is 0 Å². The third kappa shape index (κ3) is 5.02. The van der Waals surface area contributed by atoms with Gasteiger partial charge in [0.25, 0.3) is 0 Å². The van der Waals surface area contributed by atoms with Crippen molar-refractivity contribution in [1.29, 1.82) is 0 Å². The highest BCUT2D eigenvalue weighted by molar-refractivity contribution is 7.89. The molecule has 7 heteroatoms. The summed E-state index contributed by atoms with van der Waals surface area (Å²) >= 11 is 0. The summed E-state index contributed by atoms with van der Waals surface area (Å²) in [6.07, 6.45) is 6.07. The number of hydrogen-bond acceptors (Lipinski definition) is 4. The van der Waals surface area contributed by atoms with E-state index < -0.39 is 10.0 Å². The number of carbonyl (C=O) groups is 1. The SMILES string of the molecule is CCS(=O)(=O)N1CCC(C(=O)Nc2ccccc2N2CCCCCC2)CC1. The van der Waals surface area contributed by atoms with E-state index in [4.69, 9.17) is 0 Å². The summed E-state index contributed by atoms with van der Waals surface area (Å²) in [6, 6.07) is 8.02. The van der Waals surface area contributed by atoms with E-state index in [0.717, 1.165) is 24.5 Å². The summed E-state index contributed by atoms with van der Waals surface area (Å²) in [4.78, 5) is 15.2. The maximum Gasteiger partial charge on any atom is 0.227 e. The third-order valence-electron chi connectivity index (χ3n) is 5.69. The predicted octanol–water partition coefficient (Wildman–Crippen LogP) is 3.07. The molecule has 0 unspecified atom stereocenters. The van der Waals surface area contributed by atoms with Crippen molar-refractivity contribution in [3.05, 3.63) is 24.3 Å². The topological polar surface area (TPSA) is 69.7 Å². The average molecular weight is 394 g/mol. The molecule has 0 radical (unpaired) electrons. The molecular formula is C20H31N3O3S. The van der Waals surface area contributed by atoms with Crippen LogP contribution in [-0.2, 0) is 14.8 Å². The Labute approximate surface area is 163 Å². The van der Waals surface area contributed by atoms with Crippen molar-refractivity contribution in [2.45, 2.75) is 45.4 Å². The van der Waals surface area contributed by atoms with Gasteiger partial charge in [0.05, 0.1) is 17.1 Å². The first kappa shape index (κ1) is 20.1. The number of benzene rings is 1. The molecule has 2 fully saturated rings. The lowest BCUT2D eigenvalue weighted by molar-refractivity contribution is -0.120. The van der Waals surface area contributed by atoms with Gasteiger partial charge in [-0.25, -0.2) is 12.7 Å². The molecule has 2 aliphatic rings. The lowest BCUT2D eigenvalue weighted by Gasteiger charge is -2.31. The standard InChI is InChI=1S/C20H31N3O3S/c1-2-27(25,26)23-15-11-17(12-16-23)20(24)21-18-9-5-6-10-19(18)22-13-7-3-4-8-14-22/h5-6,9-10,17H,2-4,7-8,11-16H2,1H3,(H,21,24). The maximum atomic E-state index is 12.8. The van der Waals surface area contributed by atoms with Crippen molar-refractivity contribution in [2.75, 3.05) is 42.1 Å². The van der Waals surface area contributed by atoms with Crippen molar-refractivity contribution in [1.82, 2.24) is 4.31 Å². The number of carbonyl (C=O) groups excluding carboxylic acids is 1. The van der Waals surface area contributed by atoms with Gasteiger partial charge in [0.2, 0.25) is 15.9 Å². The van der Waals surface area contributed by atoms with Crippen LogP contribution < -0.4 is 10.2 Å². The molecule has 0 aromatic heterocycles. The molecule has 1 aromatic rings. The van der Waals surface area contributed by atoms with Crippen LogP contribution in [0.1, 0.15) is 45.4 Å². The number of anilines is 2. The number of hydrogen-bond donors (Lipinski definition) is 1. The van der Waals surface area contributed by atoms with E-state index >= 15 is 0 Å². The number of para-hydroxylation sites is 2. The fourth-order valence-electron chi connectivity index (χ4n) is 3.98. The Balaban J connectivity index is 1.63. The van der Waals surface area contributed by atoms with E-state index in [1.165, 1.54) is 30.0 Å². The molecule has 0 saturated carbocycles. The molecule has 2 aliphatic heterocycles. The Kier molecular flexibility index (Phi) is 6.76. The number of rotatable bonds is 5. The second-order valence-corrected chi connectivity index (χ2v) is 9.74. The van der Waals surface area contributed by atoms with Gasteiger partial charge in [-0.05, 0) is 44.7 Å². The van der Waals surface area contributed by atoms with Crippen LogP contribution >= 0.6 is 0 Å². The number of nitrogens with zero attached hydrogens (tertiary/aromatic N) is 2. The summed E-state index contributed by atoms with van der Waals surface area (Å²) in [7, 11) is -3.16. The Bertz CT molecular complexity index is 735. The maximum absolute atomic E-state index is 12.8. The summed E-state index contributed by atoms with van der Waals surface area (Å²) in [5.41, 5.74) is 1.96. The molecule has 1 N–H and O–H groups in total. The quantitative estimate of drug-likeness (QED) is 0.835. The molecule has 3 rings (SSSR count). The van der Waals surface area contributed by atoms with E-state index in [2.05, 4.69) is 16.3 Å². The fraction of sp³-hybridized carbons (Fsp3) is 0.650. The largest absolute Gasteiger partial charge is 0.370 e. The molecule has 1 aromatic carbocycles. The van der Waals surface area contributed by atoms with Crippen LogP contribution in [0.3, 0.4) is 0 Å². The third-order valence-corrected chi connectivity index (χ3v) is 7.57. The zero-order valence-corrected chi connectivity index (χ0v) is 17.0. The Hall–Kier alpha value is -1.60. The second kappa shape index (κ2) is 9.06. The van der Waals surface area contributed by atoms with Gasteiger partial charge >= 0.3 is 0 Å². The number of nitrogens with one attached hydrogen (secondary N) is 1. The first-order valence-electron chi connectivity index (χ1n) is 10.1. The van der Waals surface area contributed by atoms with Gasteiger partial charge in [-0.3, -0.25) is 4.79 Å². The average Bonchev–Trinajstić information content (AvgIpc) is 2.98. The molecule has 0 spiro atoms. The van der Waals surface area contributed by atoms with Crippen LogP contribution in [-0.4, -0.2) is 50.6 Å². The van der Waals surface area contributed by atoms with E-state index in [-0.39, 0.29) is 17.6 Å². The van der Waals surface area contributed by atoms with Gasteiger partial charge in [-0.1, -0.05) is 25.0 Å². The second-order valence-electron chi connectivity index (χ2n) is 7.48. The van der Waals surface area contributed by atoms with Crippen LogP contribution in [0.5, 0.6) is 0 Å². The molecule has 150 valence electrons. The van der Waals surface area contributed by atoms with Crippen molar-refractivity contribution in [3.63, 3.8) is 0 Å². The first-order valence-corrected chi connectivity index (χ1v) is 11.7. The Morgan fingerprint density at radius 1 is 1.04 bits per heavy atom. The highest BCUT2D eigenvalue weighted by atomic mass is 32.2. The lowest BCUT2D eigenvalue weighted by atomic mass is 9.97. The zero-order chi connectivity index (χ0) is 19.3. The minimum atomic E-state index is -3.16. The lowest BCUT2D eigenvalue weighted by Crippen LogP contribution is -2.42. The fourth-order valence-corrected chi connectivity index (χ4v) is 5.11. The molecule has 27 heavy (non-hydrogen) atoms. The normalized spacial score (nSPS) is 20.3. The monoisotopic (exact) mass is 393 g/mol. The van der Waals surface area contributed by atoms with Gasteiger partial charge in [0.15, 0.2) is 0 Å². The number of amides is 1. The molecule has 2 heterocycles. The molecule has 0 bridgehead atoms. The minimum Gasteiger partial charge on any atom is -0.370 e. The molecule has 0 atom stereocenters. The molecule has 1 amide bonds. The van der Waals surface area contributed by atoms with Crippen molar-refractivity contribution >= 4 is 27.3 Å². The van der Waals surface area contributed by atoms with Crippen LogP contribution in [0.25, 0.3) is 0 Å². The highest BCUT2D eigenvalue weighted by Gasteiger charge is 2.30. The van der Waals surface area contributed by atoms with Crippen LogP contribution in [0.4, 0.5) is 11.4 Å². The molecular weight excluding hydrogens is 362 g/mol. The Morgan fingerprint density at radius 3 is 2.30 bits per heavy atom. The predicted molar refractivity (Wildman–Crippen MR) is 110 cm³/mol. The summed E-state index contributed by atoms with van der Waals surface area (Å²) in [5.74, 6) is -0.0103. The zero-order valence-electron chi connectivity index (χ0n) is 16.2. The number of piperidine rings is 1.